The number of urea groups is 1. The maximum Gasteiger partial charge on any atom is 0.319 e. The van der Waals surface area contributed by atoms with Crippen LogP contribution in [0.2, 0.25) is 0 Å². The summed E-state index contributed by atoms with van der Waals surface area (Å²) >= 11 is 3.53. The van der Waals surface area contributed by atoms with Crippen molar-refractivity contribution < 1.29 is 28.6 Å². The number of fused-ring (bicyclic) bond motifs is 3. The lowest BCUT2D eigenvalue weighted by atomic mass is 9.90. The summed E-state index contributed by atoms with van der Waals surface area (Å²) in [6.07, 6.45) is 21.1. The van der Waals surface area contributed by atoms with E-state index < -0.39 is 5.91 Å². The zero-order valence-electron chi connectivity index (χ0n) is 60.1. The van der Waals surface area contributed by atoms with Crippen LogP contribution in [0, 0.1) is 18.8 Å². The number of nitrogens with two attached hydrogens (primary N) is 2. The number of amides is 4. The van der Waals surface area contributed by atoms with Crippen LogP contribution in [-0.2, 0) is 22.6 Å². The van der Waals surface area contributed by atoms with Crippen LogP contribution in [-0.4, -0.2) is 199 Å². The highest BCUT2D eigenvalue weighted by atomic mass is 32.1. The average Bonchev–Trinajstić information content (AvgIpc) is 1.40. The molecule has 5 saturated heterocycles. The van der Waals surface area contributed by atoms with Gasteiger partial charge in [0.25, 0.3) is 5.91 Å². The summed E-state index contributed by atoms with van der Waals surface area (Å²) in [5.41, 5.74) is 20.2. The molecule has 0 bridgehead atoms. The van der Waals surface area contributed by atoms with E-state index >= 15 is 0 Å². The minimum Gasteiger partial charge on any atom is -0.494 e. The fourth-order valence-electron chi connectivity index (χ4n) is 15.8. The Bertz CT molecular complexity index is 4040. The number of thiazole rings is 2. The van der Waals surface area contributed by atoms with Gasteiger partial charge in [0.2, 0.25) is 5.91 Å². The summed E-state index contributed by atoms with van der Waals surface area (Å²) in [5.74, 6) is 3.59. The highest BCUT2D eigenvalue weighted by molar-refractivity contribution is 7.10. The molecule has 1 saturated carbocycles. The molecule has 8 aromatic rings. The molecule has 1 unspecified atom stereocenters. The number of likely N-dealkylation sites (tertiary alicyclic amines) is 2. The van der Waals surface area contributed by atoms with Crippen molar-refractivity contribution in [1.82, 2.24) is 49.4 Å². The van der Waals surface area contributed by atoms with Crippen molar-refractivity contribution in [2.24, 2.45) is 23.3 Å². The first-order valence-corrected chi connectivity index (χ1v) is 38.8. The lowest BCUT2D eigenvalue weighted by Gasteiger charge is -2.36. The van der Waals surface area contributed by atoms with E-state index in [0.29, 0.717) is 23.5 Å². The van der Waals surface area contributed by atoms with Gasteiger partial charge in [-0.2, -0.15) is 0 Å². The van der Waals surface area contributed by atoms with Crippen LogP contribution in [0.25, 0.3) is 32.7 Å². The first kappa shape index (κ1) is 72.8. The predicted molar refractivity (Wildman–Crippen MR) is 407 cm³/mol. The minimum absolute atomic E-state index is 0.0906. The van der Waals surface area contributed by atoms with Crippen LogP contribution < -0.4 is 40.4 Å². The van der Waals surface area contributed by atoms with Crippen LogP contribution in [0.15, 0.2) is 96.1 Å². The fraction of sp³-hybridized carbons (Fsp3) is 0.538. The SMILES string of the molecule is COc1ccc2cccnc2c1N1CCCN(C(CC(N)=O)c2csc(CC(C)C)n2)CC1.COc1ccc2cccnc2c1N1CCCN(CC2CCN(C(=O)N3CCCC3)CC2)CC1.Cc1cc2cccnc2c(N2CCCN(Cc3csc(C4CCCCC4)n3)CC2)c1OCC(N)=O. The van der Waals surface area contributed by atoms with Crippen molar-refractivity contribution in [3.63, 3.8) is 0 Å². The summed E-state index contributed by atoms with van der Waals surface area (Å²) in [6.45, 7) is 23.3. The highest BCUT2D eigenvalue weighted by Crippen LogP contribution is 2.42. The molecule has 1 atom stereocenters. The molecule has 101 heavy (non-hydrogen) atoms. The zero-order valence-corrected chi connectivity index (χ0v) is 61.7. The number of pyridine rings is 3. The molecule has 0 radical (unpaired) electrons. The van der Waals surface area contributed by atoms with Gasteiger partial charge in [0.05, 0.1) is 58.2 Å². The molecule has 14 rings (SSSR count). The second-order valence-corrected chi connectivity index (χ2v) is 30.4. The lowest BCUT2D eigenvalue weighted by Crippen LogP contribution is -2.47. The Morgan fingerprint density at radius 3 is 1.75 bits per heavy atom. The molecular formula is C78H105N15O6S2. The number of carbonyl (C=O) groups is 3. The molecule has 6 aliphatic rings. The van der Waals surface area contributed by atoms with Gasteiger partial charge in [-0.1, -0.05) is 51.3 Å². The molecule has 3 aromatic carbocycles. The zero-order chi connectivity index (χ0) is 70.2. The normalized spacial score (nSPS) is 18.4. The number of piperidine rings is 1. The van der Waals surface area contributed by atoms with E-state index in [1.165, 1.54) is 42.8 Å². The smallest absolute Gasteiger partial charge is 0.319 e. The number of ether oxygens (including phenoxy) is 3. The summed E-state index contributed by atoms with van der Waals surface area (Å²) in [5, 5.41) is 10.2. The Hall–Kier alpha value is -7.96. The summed E-state index contributed by atoms with van der Waals surface area (Å²) < 4.78 is 17.4. The van der Waals surface area contributed by atoms with E-state index in [0.717, 1.165) is 247 Å². The molecule has 6 fully saturated rings. The van der Waals surface area contributed by atoms with Gasteiger partial charge >= 0.3 is 6.03 Å². The quantitative estimate of drug-likeness (QED) is 0.0768. The first-order chi connectivity index (χ1) is 49.3. The van der Waals surface area contributed by atoms with Crippen molar-refractivity contribution in [2.75, 3.05) is 147 Å². The second kappa shape index (κ2) is 35.3. The number of hydrogen-bond donors (Lipinski definition) is 2. The van der Waals surface area contributed by atoms with Gasteiger partial charge in [-0.25, -0.2) is 14.8 Å². The number of primary amides is 2. The molecule has 10 heterocycles. The van der Waals surface area contributed by atoms with E-state index in [-0.39, 0.29) is 31.0 Å². The Morgan fingerprint density at radius 1 is 0.564 bits per heavy atom. The van der Waals surface area contributed by atoms with Gasteiger partial charge in [0.15, 0.2) is 6.61 Å². The molecule has 4 N–H and O–H groups in total. The van der Waals surface area contributed by atoms with Crippen molar-refractivity contribution in [1.29, 1.82) is 0 Å². The number of hydrogen-bond acceptors (Lipinski definition) is 19. The van der Waals surface area contributed by atoms with Gasteiger partial charge in [-0.15, -0.1) is 22.7 Å². The lowest BCUT2D eigenvalue weighted by molar-refractivity contribution is -0.120. The number of aromatic nitrogens is 5. The Labute approximate surface area is 604 Å². The van der Waals surface area contributed by atoms with Crippen molar-refractivity contribution in [2.45, 2.75) is 129 Å². The standard InChI is InChI=1S/C27H35N5O2S.C26H37N5O2.C25H33N5O2S/c1-19-15-21-9-5-10-29-24(21)25(26(19)34-17-23(28)33)32-12-6-11-31(13-14-32)16-22-18-35-27(30-22)20-7-3-2-4-8-20;1-33-23-8-7-22-6-4-11-27-24(22)25(23)29-15-5-12-28(18-19-29)20-21-9-16-31(17-10-21)26(32)30-13-2-3-14-30;1-17(2)14-23-28-19(16-33-23)20(15-22(26)31)29-10-5-11-30(13-12-29)25-21(32-3)8-7-18-6-4-9-27-24(18)25/h5,9-10,15,18,20H,2-4,6-8,11-14,16-17H2,1H3,(H2,28,33);4,6-8,11,21H,2-3,5,9-10,12-20H2,1H3;4,6-9,16-17,20H,5,10-15H2,1-3H3,(H2,26,31). The van der Waals surface area contributed by atoms with Gasteiger partial charge in [0.1, 0.15) is 34.3 Å². The second-order valence-electron chi connectivity index (χ2n) is 28.6. The van der Waals surface area contributed by atoms with E-state index in [1.54, 1.807) is 25.6 Å². The predicted octanol–water partition coefficient (Wildman–Crippen LogP) is 12.3. The maximum atomic E-state index is 12.7. The van der Waals surface area contributed by atoms with Gasteiger partial charge in [-0.05, 0) is 137 Å². The minimum atomic E-state index is -0.477. The Kier molecular flexibility index (Phi) is 25.4. The highest BCUT2D eigenvalue weighted by Gasteiger charge is 2.33. The van der Waals surface area contributed by atoms with Crippen LogP contribution in [0.5, 0.6) is 17.2 Å². The van der Waals surface area contributed by atoms with Crippen molar-refractivity contribution in [3.8, 4) is 17.2 Å². The molecule has 0 spiro atoms. The summed E-state index contributed by atoms with van der Waals surface area (Å²) in [6, 6.07) is 22.7. The molecule has 4 amide bonds. The monoisotopic (exact) mass is 1410 g/mol. The van der Waals surface area contributed by atoms with E-state index in [9.17, 15) is 14.4 Å². The molecule has 1 aliphatic carbocycles. The Balaban J connectivity index is 0.000000143. The molecule has 21 nitrogen and oxygen atoms in total. The molecule has 540 valence electrons. The maximum absolute atomic E-state index is 12.7. The topological polar surface area (TPSA) is 221 Å². The van der Waals surface area contributed by atoms with Gasteiger partial charge < -0.3 is 55.1 Å². The number of nitrogens with zero attached hydrogens (tertiary/aromatic N) is 13. The molecule has 23 heteroatoms. The van der Waals surface area contributed by atoms with Gasteiger partial charge in [0, 0.05) is 176 Å². The number of methoxy groups -OCH3 is 2. The van der Waals surface area contributed by atoms with Crippen molar-refractivity contribution in [3.05, 3.63) is 123 Å². The first-order valence-electron chi connectivity index (χ1n) is 37.0. The van der Waals surface area contributed by atoms with Crippen LogP contribution in [0.3, 0.4) is 0 Å². The third kappa shape index (κ3) is 18.6. The number of aryl methyl sites for hydroxylation is 1. The van der Waals surface area contributed by atoms with E-state index in [4.69, 9.17) is 35.6 Å². The summed E-state index contributed by atoms with van der Waals surface area (Å²) in [7, 11) is 3.45. The summed E-state index contributed by atoms with van der Waals surface area (Å²) in [4.78, 5) is 78.9. The molecule has 5 aromatic heterocycles. The Morgan fingerprint density at radius 2 is 1.14 bits per heavy atom. The average molecular weight is 1410 g/mol. The van der Waals surface area contributed by atoms with E-state index in [2.05, 4.69) is 116 Å². The molecular weight excluding hydrogens is 1310 g/mol. The third-order valence-corrected chi connectivity index (χ3v) is 22.8. The van der Waals surface area contributed by atoms with Crippen molar-refractivity contribution >= 4 is 90.3 Å². The number of benzene rings is 3. The van der Waals surface area contributed by atoms with Gasteiger partial charge in [-0.3, -0.25) is 34.3 Å². The fourth-order valence-corrected chi connectivity index (χ4v) is 17.8. The van der Waals surface area contributed by atoms with E-state index in [1.807, 2.05) is 66.0 Å². The largest absolute Gasteiger partial charge is 0.494 e. The number of anilines is 3. The number of carbonyl (C=O) groups excluding carboxylic acids is 3. The third-order valence-electron chi connectivity index (χ3n) is 20.9. The van der Waals surface area contributed by atoms with Crippen LogP contribution in [0.4, 0.5) is 21.9 Å². The number of rotatable bonds is 19. The van der Waals surface area contributed by atoms with Crippen LogP contribution in [0.1, 0.15) is 136 Å². The molecule has 5 aliphatic heterocycles. The van der Waals surface area contributed by atoms with Crippen LogP contribution >= 0.6 is 22.7 Å².